The molecule has 90 valence electrons. The first-order valence-electron chi connectivity index (χ1n) is 5.36. The van der Waals surface area contributed by atoms with E-state index in [1.165, 1.54) is 0 Å². The van der Waals surface area contributed by atoms with E-state index >= 15 is 0 Å². The van der Waals surface area contributed by atoms with Gasteiger partial charge in [0, 0.05) is 25.0 Å². The molecule has 1 rings (SSSR count). The molecule has 0 aliphatic rings. The minimum absolute atomic E-state index is 0.00158. The van der Waals surface area contributed by atoms with Gasteiger partial charge >= 0.3 is 0 Å². The number of aromatic nitrogens is 2. The maximum absolute atomic E-state index is 11.5. The Hall–Kier alpha value is -1.36. The van der Waals surface area contributed by atoms with Crippen molar-refractivity contribution < 1.29 is 4.79 Å². The van der Waals surface area contributed by atoms with Crippen LogP contribution in [-0.4, -0.2) is 27.5 Å². The van der Waals surface area contributed by atoms with Gasteiger partial charge in [0.25, 0.3) is 0 Å². The molecule has 0 unspecified atom stereocenters. The summed E-state index contributed by atoms with van der Waals surface area (Å²) in [5, 5.41) is 5.94. The summed E-state index contributed by atoms with van der Waals surface area (Å²) in [6.07, 6.45) is 3.62. The first-order chi connectivity index (χ1) is 7.38. The van der Waals surface area contributed by atoms with Crippen LogP contribution in [0.1, 0.15) is 26.6 Å². The molecule has 16 heavy (non-hydrogen) atoms. The summed E-state index contributed by atoms with van der Waals surface area (Å²) < 4.78 is 1.93. The van der Waals surface area contributed by atoms with E-state index in [1.807, 2.05) is 38.6 Å². The summed E-state index contributed by atoms with van der Waals surface area (Å²) in [5.74, 6) is 0.922. The third kappa shape index (κ3) is 4.44. The second kappa shape index (κ2) is 5.12. The predicted octanol–water partition coefficient (Wildman–Crippen LogP) is 0.424. The summed E-state index contributed by atoms with van der Waals surface area (Å²) in [6.45, 7) is 6.79. The van der Waals surface area contributed by atoms with Crippen molar-refractivity contribution in [3.05, 3.63) is 18.2 Å². The molecule has 0 radical (unpaired) electrons. The van der Waals surface area contributed by atoms with E-state index < -0.39 is 0 Å². The molecule has 5 nitrogen and oxygen atoms in total. The molecular formula is C11H20N4O. The van der Waals surface area contributed by atoms with Gasteiger partial charge in [0.2, 0.25) is 5.91 Å². The molecule has 0 saturated carbocycles. The van der Waals surface area contributed by atoms with Gasteiger partial charge in [-0.05, 0) is 20.8 Å². The SMILES string of the molecule is Cn1ccnc1CNCC(=O)NC(C)(C)C. The summed E-state index contributed by atoms with van der Waals surface area (Å²) >= 11 is 0. The van der Waals surface area contributed by atoms with Crippen LogP contribution in [0.4, 0.5) is 0 Å². The molecule has 1 amide bonds. The molecule has 5 heteroatoms. The number of aryl methyl sites for hydroxylation is 1. The molecule has 0 fully saturated rings. The zero-order valence-electron chi connectivity index (χ0n) is 10.4. The van der Waals surface area contributed by atoms with Gasteiger partial charge in [-0.2, -0.15) is 0 Å². The third-order valence-corrected chi connectivity index (χ3v) is 2.00. The van der Waals surface area contributed by atoms with Crippen molar-refractivity contribution >= 4 is 5.91 Å². The van der Waals surface area contributed by atoms with Gasteiger partial charge in [-0.15, -0.1) is 0 Å². The van der Waals surface area contributed by atoms with Crippen molar-refractivity contribution in [3.8, 4) is 0 Å². The number of rotatable bonds is 4. The van der Waals surface area contributed by atoms with E-state index in [1.54, 1.807) is 6.20 Å². The number of carbonyl (C=O) groups is 1. The van der Waals surface area contributed by atoms with Gasteiger partial charge < -0.3 is 15.2 Å². The van der Waals surface area contributed by atoms with Crippen LogP contribution in [0.25, 0.3) is 0 Å². The van der Waals surface area contributed by atoms with Crippen LogP contribution in [0.2, 0.25) is 0 Å². The number of amides is 1. The Morgan fingerprint density at radius 1 is 1.50 bits per heavy atom. The first kappa shape index (κ1) is 12.7. The third-order valence-electron chi connectivity index (χ3n) is 2.00. The maximum atomic E-state index is 11.5. The van der Waals surface area contributed by atoms with Crippen LogP contribution in [0, 0.1) is 0 Å². The predicted molar refractivity (Wildman–Crippen MR) is 62.8 cm³/mol. The maximum Gasteiger partial charge on any atom is 0.234 e. The van der Waals surface area contributed by atoms with Crippen molar-refractivity contribution in [2.24, 2.45) is 7.05 Å². The number of imidazole rings is 1. The van der Waals surface area contributed by atoms with E-state index in [4.69, 9.17) is 0 Å². The fraction of sp³-hybridized carbons (Fsp3) is 0.636. The Morgan fingerprint density at radius 3 is 2.69 bits per heavy atom. The second-order valence-electron chi connectivity index (χ2n) is 4.86. The van der Waals surface area contributed by atoms with Crippen molar-refractivity contribution in [2.75, 3.05) is 6.54 Å². The Labute approximate surface area is 96.3 Å². The van der Waals surface area contributed by atoms with Gasteiger partial charge in [-0.25, -0.2) is 4.98 Å². The summed E-state index contributed by atoms with van der Waals surface area (Å²) in [4.78, 5) is 15.6. The molecule has 2 N–H and O–H groups in total. The largest absolute Gasteiger partial charge is 0.350 e. The van der Waals surface area contributed by atoms with Gasteiger partial charge in [0.05, 0.1) is 13.1 Å². The number of carbonyl (C=O) groups excluding carboxylic acids is 1. The topological polar surface area (TPSA) is 59.0 Å². The average molecular weight is 224 g/mol. The number of hydrogen-bond donors (Lipinski definition) is 2. The lowest BCUT2D eigenvalue weighted by atomic mass is 10.1. The minimum Gasteiger partial charge on any atom is -0.350 e. The van der Waals surface area contributed by atoms with Crippen molar-refractivity contribution in [3.63, 3.8) is 0 Å². The van der Waals surface area contributed by atoms with E-state index in [2.05, 4.69) is 15.6 Å². The Balaban J connectivity index is 2.26. The van der Waals surface area contributed by atoms with E-state index in [0.29, 0.717) is 13.1 Å². The number of nitrogens with one attached hydrogen (secondary N) is 2. The summed E-state index contributed by atoms with van der Waals surface area (Å²) in [7, 11) is 1.93. The van der Waals surface area contributed by atoms with Crippen molar-refractivity contribution in [1.29, 1.82) is 0 Å². The highest BCUT2D eigenvalue weighted by molar-refractivity contribution is 5.78. The summed E-state index contributed by atoms with van der Waals surface area (Å²) in [5.41, 5.74) is -0.179. The summed E-state index contributed by atoms with van der Waals surface area (Å²) in [6, 6.07) is 0. The normalized spacial score (nSPS) is 11.5. The van der Waals surface area contributed by atoms with Gasteiger partial charge in [0.1, 0.15) is 5.82 Å². The average Bonchev–Trinajstić information content (AvgIpc) is 2.48. The zero-order chi connectivity index (χ0) is 12.2. The van der Waals surface area contributed by atoms with Gasteiger partial charge in [0.15, 0.2) is 0 Å². The highest BCUT2D eigenvalue weighted by atomic mass is 16.2. The lowest BCUT2D eigenvalue weighted by Crippen LogP contribution is -2.44. The first-order valence-corrected chi connectivity index (χ1v) is 5.36. The monoisotopic (exact) mass is 224 g/mol. The number of hydrogen-bond acceptors (Lipinski definition) is 3. The molecular weight excluding hydrogens is 204 g/mol. The van der Waals surface area contributed by atoms with Crippen LogP contribution >= 0.6 is 0 Å². The van der Waals surface area contributed by atoms with E-state index in [0.717, 1.165) is 5.82 Å². The molecule has 0 aliphatic carbocycles. The molecule has 0 bridgehead atoms. The molecule has 0 atom stereocenters. The van der Waals surface area contributed by atoms with Crippen LogP contribution < -0.4 is 10.6 Å². The minimum atomic E-state index is -0.179. The van der Waals surface area contributed by atoms with Crippen molar-refractivity contribution in [1.82, 2.24) is 20.2 Å². The lowest BCUT2D eigenvalue weighted by molar-refractivity contribution is -0.121. The van der Waals surface area contributed by atoms with Gasteiger partial charge in [-0.1, -0.05) is 0 Å². The Morgan fingerprint density at radius 2 is 2.19 bits per heavy atom. The van der Waals surface area contributed by atoms with E-state index in [-0.39, 0.29) is 11.4 Å². The second-order valence-corrected chi connectivity index (χ2v) is 4.86. The molecule has 1 aromatic rings. The molecule has 0 aliphatic heterocycles. The standard InChI is InChI=1S/C11H20N4O/c1-11(2,3)14-10(16)8-12-7-9-13-5-6-15(9)4/h5-6,12H,7-8H2,1-4H3,(H,14,16). The highest BCUT2D eigenvalue weighted by Gasteiger charge is 2.12. The Bertz CT molecular complexity index is 351. The fourth-order valence-corrected chi connectivity index (χ4v) is 1.32. The quantitative estimate of drug-likeness (QED) is 0.779. The number of nitrogens with zero attached hydrogens (tertiary/aromatic N) is 2. The molecule has 1 aromatic heterocycles. The smallest absolute Gasteiger partial charge is 0.234 e. The molecule has 0 spiro atoms. The molecule has 1 heterocycles. The van der Waals surface area contributed by atoms with Gasteiger partial charge in [-0.3, -0.25) is 4.79 Å². The Kier molecular flexibility index (Phi) is 4.06. The van der Waals surface area contributed by atoms with E-state index in [9.17, 15) is 4.79 Å². The fourth-order valence-electron chi connectivity index (χ4n) is 1.32. The van der Waals surface area contributed by atoms with Crippen LogP contribution in [0.5, 0.6) is 0 Å². The zero-order valence-corrected chi connectivity index (χ0v) is 10.4. The van der Waals surface area contributed by atoms with Crippen LogP contribution in [-0.2, 0) is 18.4 Å². The highest BCUT2D eigenvalue weighted by Crippen LogP contribution is 1.97. The van der Waals surface area contributed by atoms with Crippen molar-refractivity contribution in [2.45, 2.75) is 32.9 Å². The van der Waals surface area contributed by atoms with Crippen LogP contribution in [0.3, 0.4) is 0 Å². The lowest BCUT2D eigenvalue weighted by Gasteiger charge is -2.20. The molecule has 0 saturated heterocycles. The molecule has 0 aromatic carbocycles. The van der Waals surface area contributed by atoms with Crippen LogP contribution in [0.15, 0.2) is 12.4 Å².